The van der Waals surface area contributed by atoms with Crippen molar-refractivity contribution in [3.8, 4) is 11.5 Å². The van der Waals surface area contributed by atoms with Crippen LogP contribution in [0.15, 0.2) is 12.1 Å². The van der Waals surface area contributed by atoms with Gasteiger partial charge in [0.25, 0.3) is 5.91 Å². The summed E-state index contributed by atoms with van der Waals surface area (Å²) in [5.41, 5.74) is 5.55. The lowest BCUT2D eigenvalue weighted by atomic mass is 10.1. The fourth-order valence-electron chi connectivity index (χ4n) is 0.948. The van der Waals surface area contributed by atoms with Crippen molar-refractivity contribution in [3.05, 3.63) is 23.3 Å². The second-order valence-electron chi connectivity index (χ2n) is 2.54. The van der Waals surface area contributed by atoms with Crippen LogP contribution in [0, 0.1) is 6.92 Å². The SMILES string of the molecule is Cc1cc(O)c(O)c(C(N)=O)c1. The van der Waals surface area contributed by atoms with Crippen LogP contribution in [0.5, 0.6) is 11.5 Å². The molecule has 0 aliphatic heterocycles. The highest BCUT2D eigenvalue weighted by molar-refractivity contribution is 5.96. The number of carbonyl (C=O) groups excluding carboxylic acids is 1. The van der Waals surface area contributed by atoms with Crippen molar-refractivity contribution < 1.29 is 15.0 Å². The van der Waals surface area contributed by atoms with Gasteiger partial charge in [0, 0.05) is 0 Å². The molecule has 0 saturated heterocycles. The quantitative estimate of drug-likeness (QED) is 0.532. The number of nitrogens with two attached hydrogens (primary N) is 1. The number of primary amides is 1. The molecule has 4 N–H and O–H groups in total. The largest absolute Gasteiger partial charge is 0.504 e. The van der Waals surface area contributed by atoms with E-state index in [0.29, 0.717) is 5.56 Å². The number of hydrogen-bond acceptors (Lipinski definition) is 3. The van der Waals surface area contributed by atoms with E-state index in [0.717, 1.165) is 0 Å². The molecule has 0 saturated carbocycles. The van der Waals surface area contributed by atoms with E-state index >= 15 is 0 Å². The molecule has 0 unspecified atom stereocenters. The van der Waals surface area contributed by atoms with Gasteiger partial charge in [0.15, 0.2) is 11.5 Å². The molecule has 1 amide bonds. The minimum Gasteiger partial charge on any atom is -0.504 e. The van der Waals surface area contributed by atoms with Crippen molar-refractivity contribution in [2.45, 2.75) is 6.92 Å². The number of phenolic OH excluding ortho intramolecular Hbond substituents is 1. The Labute approximate surface area is 69.3 Å². The van der Waals surface area contributed by atoms with Crippen molar-refractivity contribution in [1.29, 1.82) is 0 Å². The standard InChI is InChI=1S/C8H9NO3/c1-4-2-5(8(9)12)7(11)6(10)3-4/h2-3,10-11H,1H3,(H2,9,12). The van der Waals surface area contributed by atoms with Crippen LogP contribution >= 0.6 is 0 Å². The summed E-state index contributed by atoms with van der Waals surface area (Å²) in [7, 11) is 0. The molecule has 0 atom stereocenters. The molecule has 0 aliphatic rings. The van der Waals surface area contributed by atoms with Gasteiger partial charge in [0.2, 0.25) is 0 Å². The number of phenols is 2. The van der Waals surface area contributed by atoms with Gasteiger partial charge in [-0.3, -0.25) is 4.79 Å². The molecule has 0 spiro atoms. The van der Waals surface area contributed by atoms with Gasteiger partial charge >= 0.3 is 0 Å². The number of rotatable bonds is 1. The molecule has 0 bridgehead atoms. The maximum atomic E-state index is 10.7. The Kier molecular flexibility index (Phi) is 1.91. The van der Waals surface area contributed by atoms with Crippen LogP contribution in [0.3, 0.4) is 0 Å². The molecular weight excluding hydrogens is 158 g/mol. The van der Waals surface area contributed by atoms with E-state index in [1.807, 2.05) is 0 Å². The molecule has 4 heteroatoms. The predicted molar refractivity (Wildman–Crippen MR) is 43.0 cm³/mol. The highest BCUT2D eigenvalue weighted by Crippen LogP contribution is 2.29. The van der Waals surface area contributed by atoms with E-state index in [1.54, 1.807) is 6.92 Å². The van der Waals surface area contributed by atoms with E-state index in [2.05, 4.69) is 0 Å². The lowest BCUT2D eigenvalue weighted by Gasteiger charge is -2.03. The topological polar surface area (TPSA) is 83.6 Å². The molecule has 12 heavy (non-hydrogen) atoms. The van der Waals surface area contributed by atoms with Crippen molar-refractivity contribution in [2.24, 2.45) is 5.73 Å². The zero-order valence-corrected chi connectivity index (χ0v) is 6.53. The summed E-state index contributed by atoms with van der Waals surface area (Å²) in [4.78, 5) is 10.7. The highest BCUT2D eigenvalue weighted by atomic mass is 16.3. The van der Waals surface area contributed by atoms with Gasteiger partial charge in [-0.05, 0) is 24.6 Å². The minimum absolute atomic E-state index is 0.0625. The van der Waals surface area contributed by atoms with E-state index in [9.17, 15) is 4.79 Å². The maximum absolute atomic E-state index is 10.7. The normalized spacial score (nSPS) is 9.75. The van der Waals surface area contributed by atoms with Crippen LogP contribution in [0.1, 0.15) is 15.9 Å². The van der Waals surface area contributed by atoms with E-state index < -0.39 is 11.7 Å². The third kappa shape index (κ3) is 1.32. The molecule has 1 rings (SSSR count). The fraction of sp³-hybridized carbons (Fsp3) is 0.125. The van der Waals surface area contributed by atoms with Gasteiger partial charge < -0.3 is 15.9 Å². The molecule has 0 aromatic heterocycles. The Balaban J connectivity index is 3.37. The van der Waals surface area contributed by atoms with Crippen LogP contribution in [-0.2, 0) is 0 Å². The van der Waals surface area contributed by atoms with Crippen LogP contribution in [0.2, 0.25) is 0 Å². The number of aromatic hydroxyl groups is 2. The fourth-order valence-corrected chi connectivity index (χ4v) is 0.948. The summed E-state index contributed by atoms with van der Waals surface area (Å²) in [6, 6.07) is 2.76. The summed E-state index contributed by atoms with van der Waals surface area (Å²) in [5, 5.41) is 18.2. The first-order valence-electron chi connectivity index (χ1n) is 3.34. The third-order valence-electron chi connectivity index (χ3n) is 1.50. The van der Waals surface area contributed by atoms with Crippen molar-refractivity contribution in [1.82, 2.24) is 0 Å². The Bertz CT molecular complexity index is 333. The van der Waals surface area contributed by atoms with Gasteiger partial charge in [0.05, 0.1) is 5.56 Å². The molecule has 0 heterocycles. The molecule has 0 radical (unpaired) electrons. The van der Waals surface area contributed by atoms with Crippen LogP contribution in [0.4, 0.5) is 0 Å². The summed E-state index contributed by atoms with van der Waals surface area (Å²) in [5.74, 6) is -1.55. The zero-order chi connectivity index (χ0) is 9.30. The van der Waals surface area contributed by atoms with Gasteiger partial charge in [-0.15, -0.1) is 0 Å². The highest BCUT2D eigenvalue weighted by Gasteiger charge is 2.11. The molecule has 64 valence electrons. The van der Waals surface area contributed by atoms with Gasteiger partial charge in [-0.25, -0.2) is 0 Å². The Morgan fingerprint density at radius 2 is 2.00 bits per heavy atom. The summed E-state index contributed by atoms with van der Waals surface area (Å²) in [6.45, 7) is 1.69. The second kappa shape index (κ2) is 2.73. The van der Waals surface area contributed by atoms with Crippen molar-refractivity contribution in [3.63, 3.8) is 0 Å². The lowest BCUT2D eigenvalue weighted by Crippen LogP contribution is -2.11. The maximum Gasteiger partial charge on any atom is 0.252 e. The van der Waals surface area contributed by atoms with E-state index in [4.69, 9.17) is 15.9 Å². The van der Waals surface area contributed by atoms with Crippen molar-refractivity contribution in [2.75, 3.05) is 0 Å². The number of benzene rings is 1. The molecule has 0 fully saturated rings. The summed E-state index contributed by atoms with van der Waals surface area (Å²) < 4.78 is 0. The number of amides is 1. The average molecular weight is 167 g/mol. The average Bonchev–Trinajstić information content (AvgIpc) is 1.96. The van der Waals surface area contributed by atoms with Gasteiger partial charge in [-0.1, -0.05) is 0 Å². The monoisotopic (exact) mass is 167 g/mol. The smallest absolute Gasteiger partial charge is 0.252 e. The Morgan fingerprint density at radius 3 is 2.50 bits per heavy atom. The number of aryl methyl sites for hydroxylation is 1. The molecule has 1 aromatic rings. The number of carbonyl (C=O) groups is 1. The third-order valence-corrected chi connectivity index (χ3v) is 1.50. The molecular formula is C8H9NO3. The van der Waals surface area contributed by atoms with Crippen LogP contribution < -0.4 is 5.73 Å². The first-order chi connectivity index (χ1) is 5.52. The predicted octanol–water partition coefficient (Wildman–Crippen LogP) is 0.505. The van der Waals surface area contributed by atoms with Crippen LogP contribution in [0.25, 0.3) is 0 Å². The zero-order valence-electron chi connectivity index (χ0n) is 6.53. The van der Waals surface area contributed by atoms with E-state index in [1.165, 1.54) is 12.1 Å². The minimum atomic E-state index is -0.758. The second-order valence-corrected chi connectivity index (χ2v) is 2.54. The first-order valence-corrected chi connectivity index (χ1v) is 3.34. The molecule has 4 nitrogen and oxygen atoms in total. The summed E-state index contributed by atoms with van der Waals surface area (Å²) >= 11 is 0. The molecule has 1 aromatic carbocycles. The van der Waals surface area contributed by atoms with Crippen molar-refractivity contribution >= 4 is 5.91 Å². The summed E-state index contributed by atoms with van der Waals surface area (Å²) in [6.07, 6.45) is 0. The Morgan fingerprint density at radius 1 is 1.42 bits per heavy atom. The lowest BCUT2D eigenvalue weighted by molar-refractivity contribution is 0.0997. The molecule has 0 aliphatic carbocycles. The van der Waals surface area contributed by atoms with Gasteiger partial charge in [0.1, 0.15) is 0 Å². The van der Waals surface area contributed by atoms with Gasteiger partial charge in [-0.2, -0.15) is 0 Å². The Hall–Kier alpha value is -1.71. The van der Waals surface area contributed by atoms with E-state index in [-0.39, 0.29) is 11.3 Å². The number of hydrogen-bond donors (Lipinski definition) is 3. The first kappa shape index (κ1) is 8.39. The van der Waals surface area contributed by atoms with Crippen LogP contribution in [-0.4, -0.2) is 16.1 Å².